The van der Waals surface area contributed by atoms with E-state index in [-0.39, 0.29) is 6.04 Å². The molecule has 1 aromatic rings. The Morgan fingerprint density at radius 3 is 2.44 bits per heavy atom. The van der Waals surface area contributed by atoms with Crippen molar-refractivity contribution in [1.82, 2.24) is 5.43 Å². The van der Waals surface area contributed by atoms with Crippen LogP contribution in [0.25, 0.3) is 0 Å². The molecule has 1 fully saturated rings. The third-order valence-corrected chi connectivity index (χ3v) is 5.19. The summed E-state index contributed by atoms with van der Waals surface area (Å²) in [5, 5.41) is 0. The van der Waals surface area contributed by atoms with Gasteiger partial charge in [-0.2, -0.15) is 0 Å². The zero-order valence-electron chi connectivity index (χ0n) is 10.6. The van der Waals surface area contributed by atoms with Crippen LogP contribution in [-0.4, -0.2) is 0 Å². The summed E-state index contributed by atoms with van der Waals surface area (Å²) in [5.41, 5.74) is 4.28. The van der Waals surface area contributed by atoms with Crippen molar-refractivity contribution in [3.63, 3.8) is 0 Å². The van der Waals surface area contributed by atoms with Gasteiger partial charge in [-0.25, -0.2) is 0 Å². The topological polar surface area (TPSA) is 38.0 Å². The van der Waals surface area contributed by atoms with Crippen LogP contribution in [0.4, 0.5) is 0 Å². The number of nitrogens with one attached hydrogen (secondary N) is 1. The molecule has 0 spiro atoms. The summed E-state index contributed by atoms with van der Waals surface area (Å²) in [6.07, 6.45) is 5.16. The van der Waals surface area contributed by atoms with Crippen LogP contribution in [0.2, 0.25) is 0 Å². The lowest BCUT2D eigenvalue weighted by Crippen LogP contribution is -2.35. The number of hydrazine groups is 1. The lowest BCUT2D eigenvalue weighted by molar-refractivity contribution is 0.232. The van der Waals surface area contributed by atoms with Crippen LogP contribution in [0.3, 0.4) is 0 Å². The first-order valence-corrected chi connectivity index (χ1v) is 8.11. The monoisotopic (exact) mass is 374 g/mol. The van der Waals surface area contributed by atoms with Crippen LogP contribution in [0, 0.1) is 11.8 Å². The summed E-state index contributed by atoms with van der Waals surface area (Å²) in [7, 11) is 0. The summed E-state index contributed by atoms with van der Waals surface area (Å²) < 4.78 is 2.21. The summed E-state index contributed by atoms with van der Waals surface area (Å²) in [6.45, 7) is 2.34. The highest BCUT2D eigenvalue weighted by atomic mass is 79.9. The van der Waals surface area contributed by atoms with E-state index in [1.54, 1.807) is 0 Å². The lowest BCUT2D eigenvalue weighted by Gasteiger charge is -2.33. The molecule has 0 heterocycles. The molecule has 0 bridgehead atoms. The fraction of sp³-hybridized carbons (Fsp3) is 0.571. The minimum absolute atomic E-state index is 0.250. The molecule has 1 aliphatic rings. The zero-order chi connectivity index (χ0) is 13.1. The van der Waals surface area contributed by atoms with Gasteiger partial charge in [0.15, 0.2) is 0 Å². The van der Waals surface area contributed by atoms with E-state index < -0.39 is 0 Å². The smallest absolute Gasteiger partial charge is 0.0499 e. The number of halogens is 2. The second-order valence-corrected chi connectivity index (χ2v) is 7.10. The maximum Gasteiger partial charge on any atom is 0.0499 e. The molecule has 18 heavy (non-hydrogen) atoms. The van der Waals surface area contributed by atoms with E-state index in [0.29, 0.717) is 5.92 Å². The third kappa shape index (κ3) is 3.35. The van der Waals surface area contributed by atoms with E-state index in [4.69, 9.17) is 5.84 Å². The van der Waals surface area contributed by atoms with E-state index in [1.807, 2.05) is 0 Å². The molecule has 1 aromatic carbocycles. The molecule has 1 unspecified atom stereocenters. The molecule has 2 nitrogen and oxygen atoms in total. The first-order valence-electron chi connectivity index (χ1n) is 6.53. The molecule has 1 aliphatic carbocycles. The highest BCUT2D eigenvalue weighted by Crippen LogP contribution is 2.39. The van der Waals surface area contributed by atoms with Crippen LogP contribution < -0.4 is 11.3 Å². The maximum absolute atomic E-state index is 5.79. The Labute approximate surface area is 126 Å². The predicted molar refractivity (Wildman–Crippen MR) is 83.0 cm³/mol. The fourth-order valence-electron chi connectivity index (χ4n) is 2.85. The van der Waals surface area contributed by atoms with Gasteiger partial charge in [-0.1, -0.05) is 57.7 Å². The van der Waals surface area contributed by atoms with Crippen molar-refractivity contribution in [3.05, 3.63) is 32.7 Å². The van der Waals surface area contributed by atoms with Crippen molar-refractivity contribution in [2.45, 2.75) is 38.6 Å². The molecule has 0 radical (unpaired) electrons. The number of rotatable bonds is 3. The van der Waals surface area contributed by atoms with Gasteiger partial charge in [0.25, 0.3) is 0 Å². The van der Waals surface area contributed by atoms with Gasteiger partial charge in [0, 0.05) is 15.0 Å². The minimum Gasteiger partial charge on any atom is -0.271 e. The van der Waals surface area contributed by atoms with E-state index in [2.05, 4.69) is 62.4 Å². The lowest BCUT2D eigenvalue weighted by atomic mass is 9.77. The minimum atomic E-state index is 0.250. The normalized spacial score (nSPS) is 26.0. The number of nitrogens with two attached hydrogens (primary N) is 1. The second kappa shape index (κ2) is 6.51. The van der Waals surface area contributed by atoms with E-state index in [0.717, 1.165) is 14.9 Å². The summed E-state index contributed by atoms with van der Waals surface area (Å²) in [5.74, 6) is 7.31. The van der Waals surface area contributed by atoms with Crippen LogP contribution in [0.5, 0.6) is 0 Å². The van der Waals surface area contributed by atoms with Gasteiger partial charge in [0.05, 0.1) is 0 Å². The van der Waals surface area contributed by atoms with Crippen molar-refractivity contribution in [1.29, 1.82) is 0 Å². The summed E-state index contributed by atoms with van der Waals surface area (Å²) in [6, 6.07) is 6.57. The van der Waals surface area contributed by atoms with Gasteiger partial charge >= 0.3 is 0 Å². The quantitative estimate of drug-likeness (QED) is 0.601. The maximum atomic E-state index is 5.79. The molecule has 3 N–H and O–H groups in total. The van der Waals surface area contributed by atoms with Gasteiger partial charge in [-0.15, -0.1) is 0 Å². The Morgan fingerprint density at radius 2 is 1.89 bits per heavy atom. The third-order valence-electron chi connectivity index (χ3n) is 4.01. The summed E-state index contributed by atoms with van der Waals surface area (Å²) >= 11 is 7.13. The molecule has 0 saturated heterocycles. The average Bonchev–Trinajstić information content (AvgIpc) is 2.35. The number of hydrogen-bond donors (Lipinski definition) is 2. The van der Waals surface area contributed by atoms with Crippen LogP contribution >= 0.6 is 31.9 Å². The molecule has 2 rings (SSSR count). The molecule has 0 aromatic heterocycles. The average molecular weight is 376 g/mol. The Bertz CT molecular complexity index is 401. The Kier molecular flexibility index (Phi) is 5.24. The summed E-state index contributed by atoms with van der Waals surface area (Å²) in [4.78, 5) is 0. The van der Waals surface area contributed by atoms with E-state index >= 15 is 0 Å². The van der Waals surface area contributed by atoms with Crippen LogP contribution in [0.1, 0.15) is 44.2 Å². The van der Waals surface area contributed by atoms with Gasteiger partial charge in [-0.05, 0) is 42.4 Å². The molecule has 0 amide bonds. The highest BCUT2D eigenvalue weighted by Gasteiger charge is 2.27. The molecular weight excluding hydrogens is 356 g/mol. The zero-order valence-corrected chi connectivity index (χ0v) is 13.8. The SMILES string of the molecule is CC1CCC(C(NN)c2ccc(Br)cc2Br)CC1. The van der Waals surface area contributed by atoms with Crippen molar-refractivity contribution in [2.24, 2.45) is 17.7 Å². The Morgan fingerprint density at radius 1 is 1.22 bits per heavy atom. The van der Waals surface area contributed by atoms with Gasteiger partial charge in [-0.3, -0.25) is 11.3 Å². The fourth-order valence-corrected chi connectivity index (χ4v) is 4.15. The number of benzene rings is 1. The van der Waals surface area contributed by atoms with Crippen molar-refractivity contribution in [2.75, 3.05) is 0 Å². The van der Waals surface area contributed by atoms with Gasteiger partial charge in [0.2, 0.25) is 0 Å². The Hall–Kier alpha value is 0.1000. The molecular formula is C14H20Br2N2. The van der Waals surface area contributed by atoms with Gasteiger partial charge < -0.3 is 0 Å². The molecule has 1 saturated carbocycles. The molecule has 4 heteroatoms. The predicted octanol–water partition coefficient (Wildman–Crippen LogP) is 4.54. The van der Waals surface area contributed by atoms with E-state index in [9.17, 15) is 0 Å². The van der Waals surface area contributed by atoms with E-state index in [1.165, 1.54) is 31.2 Å². The molecule has 100 valence electrons. The molecule has 1 atom stereocenters. The standard InChI is InChI=1S/C14H20Br2N2/c1-9-2-4-10(5-3-9)14(18-17)12-7-6-11(15)8-13(12)16/h6-10,14,18H,2-5,17H2,1H3. The van der Waals surface area contributed by atoms with Crippen molar-refractivity contribution >= 4 is 31.9 Å². The van der Waals surface area contributed by atoms with Crippen LogP contribution in [-0.2, 0) is 0 Å². The first kappa shape index (κ1) is 14.5. The number of hydrogen-bond acceptors (Lipinski definition) is 2. The van der Waals surface area contributed by atoms with Crippen LogP contribution in [0.15, 0.2) is 27.1 Å². The largest absolute Gasteiger partial charge is 0.271 e. The highest BCUT2D eigenvalue weighted by molar-refractivity contribution is 9.11. The van der Waals surface area contributed by atoms with Crippen molar-refractivity contribution in [3.8, 4) is 0 Å². The van der Waals surface area contributed by atoms with Crippen molar-refractivity contribution < 1.29 is 0 Å². The first-order chi connectivity index (χ1) is 8.61. The second-order valence-electron chi connectivity index (χ2n) is 5.33. The Balaban J connectivity index is 2.17. The molecule has 0 aliphatic heterocycles. The van der Waals surface area contributed by atoms with Gasteiger partial charge in [0.1, 0.15) is 0 Å².